The minimum atomic E-state index is -0.228. The van der Waals surface area contributed by atoms with Crippen LogP contribution in [0.15, 0.2) is 35.7 Å². The molecule has 6 nitrogen and oxygen atoms in total. The first-order chi connectivity index (χ1) is 16.1. The van der Waals surface area contributed by atoms with E-state index in [1.807, 2.05) is 29.6 Å². The van der Waals surface area contributed by atoms with Gasteiger partial charge in [0.2, 0.25) is 5.91 Å². The van der Waals surface area contributed by atoms with Gasteiger partial charge < -0.3 is 9.80 Å². The third kappa shape index (κ3) is 4.43. The van der Waals surface area contributed by atoms with Gasteiger partial charge in [0.1, 0.15) is 0 Å². The summed E-state index contributed by atoms with van der Waals surface area (Å²) >= 11 is 1.54. The van der Waals surface area contributed by atoms with Crippen molar-refractivity contribution in [3.63, 3.8) is 0 Å². The SMILES string of the molecule is CCCN(CC1CC1)C(=O)C1CCCN(c2cccc3c2C(=O)N(Cc2cccs2)C3=O)C1. The van der Waals surface area contributed by atoms with Crippen LogP contribution in [0.25, 0.3) is 0 Å². The lowest BCUT2D eigenvalue weighted by atomic mass is 9.94. The van der Waals surface area contributed by atoms with E-state index in [0.29, 0.717) is 30.1 Å². The van der Waals surface area contributed by atoms with Crippen molar-refractivity contribution in [1.82, 2.24) is 9.80 Å². The summed E-state index contributed by atoms with van der Waals surface area (Å²) in [5.74, 6) is 0.412. The van der Waals surface area contributed by atoms with Crippen LogP contribution in [-0.4, -0.2) is 53.7 Å². The van der Waals surface area contributed by atoms with Crippen molar-refractivity contribution in [1.29, 1.82) is 0 Å². The van der Waals surface area contributed by atoms with E-state index in [1.54, 1.807) is 17.4 Å². The second-order valence-corrected chi connectivity index (χ2v) is 10.5. The van der Waals surface area contributed by atoms with Crippen LogP contribution in [0.1, 0.15) is 64.6 Å². The summed E-state index contributed by atoms with van der Waals surface area (Å²) in [7, 11) is 0. The molecule has 3 aliphatic rings. The number of carbonyl (C=O) groups excluding carboxylic acids is 3. The number of thiophene rings is 1. The van der Waals surface area contributed by atoms with Gasteiger partial charge in [-0.05, 0) is 61.6 Å². The molecule has 2 aromatic rings. The molecule has 1 unspecified atom stereocenters. The smallest absolute Gasteiger partial charge is 0.264 e. The number of imide groups is 1. The Morgan fingerprint density at radius 2 is 1.97 bits per heavy atom. The first-order valence-corrected chi connectivity index (χ1v) is 13.0. The lowest BCUT2D eigenvalue weighted by molar-refractivity contribution is -0.136. The highest BCUT2D eigenvalue weighted by atomic mass is 32.1. The van der Waals surface area contributed by atoms with Gasteiger partial charge in [-0.25, -0.2) is 0 Å². The Morgan fingerprint density at radius 3 is 2.70 bits per heavy atom. The highest BCUT2D eigenvalue weighted by Crippen LogP contribution is 2.36. The summed E-state index contributed by atoms with van der Waals surface area (Å²) in [4.78, 5) is 46.3. The van der Waals surface area contributed by atoms with Gasteiger partial charge in [0.25, 0.3) is 11.8 Å². The highest BCUT2D eigenvalue weighted by Gasteiger charge is 2.40. The van der Waals surface area contributed by atoms with Crippen molar-refractivity contribution in [2.24, 2.45) is 11.8 Å². The van der Waals surface area contributed by atoms with Gasteiger partial charge in [-0.15, -0.1) is 11.3 Å². The van der Waals surface area contributed by atoms with Gasteiger partial charge >= 0.3 is 0 Å². The van der Waals surface area contributed by atoms with Gasteiger partial charge in [-0.1, -0.05) is 19.1 Å². The average Bonchev–Trinajstić information content (AvgIpc) is 3.44. The molecule has 2 aliphatic heterocycles. The van der Waals surface area contributed by atoms with Crippen LogP contribution in [0.4, 0.5) is 5.69 Å². The number of rotatable bonds is 8. The Morgan fingerprint density at radius 1 is 1.12 bits per heavy atom. The third-order valence-corrected chi connectivity index (χ3v) is 7.82. The molecule has 1 atom stereocenters. The van der Waals surface area contributed by atoms with Crippen molar-refractivity contribution in [2.45, 2.75) is 45.6 Å². The molecular formula is C26H31N3O3S. The van der Waals surface area contributed by atoms with Crippen molar-refractivity contribution in [3.8, 4) is 0 Å². The summed E-state index contributed by atoms with van der Waals surface area (Å²) in [6.07, 6.45) is 5.23. The summed E-state index contributed by atoms with van der Waals surface area (Å²) in [6.45, 7) is 5.53. The molecular weight excluding hydrogens is 434 g/mol. The van der Waals surface area contributed by atoms with E-state index in [0.717, 1.165) is 49.5 Å². The Balaban J connectivity index is 1.36. The monoisotopic (exact) mass is 465 g/mol. The fourth-order valence-electron chi connectivity index (χ4n) is 5.11. The fraction of sp³-hybridized carbons (Fsp3) is 0.500. The van der Waals surface area contributed by atoms with Gasteiger partial charge in [0.05, 0.1) is 29.3 Å². The number of carbonyl (C=O) groups is 3. The van der Waals surface area contributed by atoms with Crippen LogP contribution in [0.5, 0.6) is 0 Å². The minimum absolute atomic E-state index is 0.0608. The summed E-state index contributed by atoms with van der Waals surface area (Å²) in [5.41, 5.74) is 1.76. The molecule has 2 fully saturated rings. The van der Waals surface area contributed by atoms with E-state index in [9.17, 15) is 14.4 Å². The minimum Gasteiger partial charge on any atom is -0.370 e. The van der Waals surface area contributed by atoms with Crippen molar-refractivity contribution in [2.75, 3.05) is 31.1 Å². The summed E-state index contributed by atoms with van der Waals surface area (Å²) < 4.78 is 0. The van der Waals surface area contributed by atoms with Crippen LogP contribution < -0.4 is 4.90 Å². The molecule has 7 heteroatoms. The van der Waals surface area contributed by atoms with E-state index >= 15 is 0 Å². The van der Waals surface area contributed by atoms with Gasteiger partial charge in [-0.2, -0.15) is 0 Å². The Labute approximate surface area is 199 Å². The molecule has 1 aromatic carbocycles. The maximum Gasteiger partial charge on any atom is 0.264 e. The highest BCUT2D eigenvalue weighted by molar-refractivity contribution is 7.09. The topological polar surface area (TPSA) is 60.9 Å². The first-order valence-electron chi connectivity index (χ1n) is 12.1. The van der Waals surface area contributed by atoms with E-state index in [4.69, 9.17) is 0 Å². The molecule has 1 aliphatic carbocycles. The van der Waals surface area contributed by atoms with Crippen LogP contribution in [0, 0.1) is 11.8 Å². The van der Waals surface area contributed by atoms with Crippen LogP contribution in [0.3, 0.4) is 0 Å². The maximum absolute atomic E-state index is 13.4. The molecule has 1 saturated heterocycles. The van der Waals surface area contributed by atoms with Crippen molar-refractivity contribution < 1.29 is 14.4 Å². The van der Waals surface area contributed by atoms with Gasteiger partial charge in [0, 0.05) is 31.1 Å². The number of fused-ring (bicyclic) bond motifs is 1. The molecule has 0 N–H and O–H groups in total. The number of hydrogen-bond acceptors (Lipinski definition) is 5. The Kier molecular flexibility index (Phi) is 6.23. The van der Waals surface area contributed by atoms with Crippen LogP contribution in [0.2, 0.25) is 0 Å². The van der Waals surface area contributed by atoms with Crippen molar-refractivity contribution in [3.05, 3.63) is 51.7 Å². The number of benzene rings is 1. The first kappa shape index (κ1) is 22.1. The zero-order valence-corrected chi connectivity index (χ0v) is 20.0. The number of anilines is 1. The van der Waals surface area contributed by atoms with E-state index in [2.05, 4.69) is 16.7 Å². The van der Waals surface area contributed by atoms with Gasteiger partial charge in [0.15, 0.2) is 0 Å². The average molecular weight is 466 g/mol. The van der Waals surface area contributed by atoms with Crippen LogP contribution >= 0.6 is 11.3 Å². The second-order valence-electron chi connectivity index (χ2n) is 9.49. The van der Waals surface area contributed by atoms with Crippen molar-refractivity contribution >= 4 is 34.7 Å². The number of amides is 3. The lowest BCUT2D eigenvalue weighted by Crippen LogP contribution is -2.46. The molecule has 3 heterocycles. The van der Waals surface area contributed by atoms with E-state index in [-0.39, 0.29) is 23.6 Å². The maximum atomic E-state index is 13.4. The molecule has 174 valence electrons. The number of piperidine rings is 1. The van der Waals surface area contributed by atoms with Gasteiger partial charge in [-0.3, -0.25) is 19.3 Å². The molecule has 1 saturated carbocycles. The molecule has 0 spiro atoms. The third-order valence-electron chi connectivity index (χ3n) is 6.96. The standard InChI is InChI=1S/C26H31N3O3S/c1-2-12-28(15-18-10-11-18)24(30)19-6-4-13-27(16-19)22-9-3-8-21-23(22)26(32)29(25(21)31)17-20-7-5-14-33-20/h3,5,7-9,14,18-19H,2,4,6,10-13,15-17H2,1H3. The lowest BCUT2D eigenvalue weighted by Gasteiger charge is -2.37. The fourth-order valence-corrected chi connectivity index (χ4v) is 5.80. The number of nitrogens with zero attached hydrogens (tertiary/aromatic N) is 3. The predicted octanol–water partition coefficient (Wildman–Crippen LogP) is 4.41. The second kappa shape index (κ2) is 9.29. The Hall–Kier alpha value is -2.67. The molecule has 33 heavy (non-hydrogen) atoms. The zero-order chi connectivity index (χ0) is 22.9. The normalized spacial score (nSPS) is 20.3. The quantitative estimate of drug-likeness (QED) is 0.542. The summed E-state index contributed by atoms with van der Waals surface area (Å²) in [6, 6.07) is 9.41. The predicted molar refractivity (Wildman–Crippen MR) is 129 cm³/mol. The Bertz CT molecular complexity index is 1050. The molecule has 1 aromatic heterocycles. The molecule has 0 radical (unpaired) electrons. The largest absolute Gasteiger partial charge is 0.370 e. The molecule has 3 amide bonds. The molecule has 0 bridgehead atoms. The number of hydrogen-bond donors (Lipinski definition) is 0. The summed E-state index contributed by atoms with van der Waals surface area (Å²) in [5, 5.41) is 1.95. The van der Waals surface area contributed by atoms with Crippen LogP contribution in [-0.2, 0) is 11.3 Å². The van der Waals surface area contributed by atoms with E-state index < -0.39 is 0 Å². The molecule has 5 rings (SSSR count). The zero-order valence-electron chi connectivity index (χ0n) is 19.2. The van der Waals surface area contributed by atoms with E-state index in [1.165, 1.54) is 17.7 Å².